The van der Waals surface area contributed by atoms with Crippen molar-refractivity contribution in [3.8, 4) is 6.07 Å². The fourth-order valence-corrected chi connectivity index (χ4v) is 3.35. The summed E-state index contributed by atoms with van der Waals surface area (Å²) >= 11 is 0. The Kier molecular flexibility index (Phi) is 3.33. The van der Waals surface area contributed by atoms with E-state index in [9.17, 15) is 0 Å². The van der Waals surface area contributed by atoms with Gasteiger partial charge >= 0.3 is 0 Å². The van der Waals surface area contributed by atoms with Crippen LogP contribution in [-0.2, 0) is 19.5 Å². The highest BCUT2D eigenvalue weighted by atomic mass is 15.3. The Hall–Kier alpha value is -1.34. The van der Waals surface area contributed by atoms with Crippen LogP contribution in [0.2, 0.25) is 0 Å². The van der Waals surface area contributed by atoms with Crippen LogP contribution in [0.4, 0.5) is 0 Å². The molecule has 18 heavy (non-hydrogen) atoms. The summed E-state index contributed by atoms with van der Waals surface area (Å²) < 4.78 is 1.94. The normalized spacial score (nSPS) is 20.4. The molecule has 2 heterocycles. The highest BCUT2D eigenvalue weighted by Crippen LogP contribution is 2.35. The Morgan fingerprint density at radius 2 is 2.17 bits per heavy atom. The van der Waals surface area contributed by atoms with Crippen molar-refractivity contribution in [1.82, 2.24) is 15.1 Å². The molecule has 4 heteroatoms. The quantitative estimate of drug-likeness (QED) is 0.866. The first kappa shape index (κ1) is 11.7. The Bertz CT molecular complexity index is 463. The van der Waals surface area contributed by atoms with E-state index in [1.807, 2.05) is 4.68 Å². The van der Waals surface area contributed by atoms with Crippen LogP contribution in [0.3, 0.4) is 0 Å². The first-order valence-corrected chi connectivity index (χ1v) is 7.06. The first-order valence-electron chi connectivity index (χ1n) is 7.06. The lowest BCUT2D eigenvalue weighted by Gasteiger charge is -2.22. The van der Waals surface area contributed by atoms with Gasteiger partial charge in [-0.15, -0.1) is 0 Å². The fraction of sp³-hybridized carbons (Fsp3) is 0.714. The zero-order valence-electron chi connectivity index (χ0n) is 10.8. The third-order valence-corrected chi connectivity index (χ3v) is 4.25. The third kappa shape index (κ3) is 2.04. The van der Waals surface area contributed by atoms with Gasteiger partial charge in [-0.2, -0.15) is 10.4 Å². The van der Waals surface area contributed by atoms with E-state index in [4.69, 9.17) is 10.4 Å². The number of hydrogen-bond donors (Lipinski definition) is 1. The average Bonchev–Trinajstić information content (AvgIpc) is 2.80. The lowest BCUT2D eigenvalue weighted by atomic mass is 9.84. The minimum atomic E-state index is 0.398. The van der Waals surface area contributed by atoms with Crippen molar-refractivity contribution >= 4 is 0 Å². The van der Waals surface area contributed by atoms with Crippen LogP contribution >= 0.6 is 0 Å². The van der Waals surface area contributed by atoms with Gasteiger partial charge in [-0.3, -0.25) is 4.68 Å². The van der Waals surface area contributed by atoms with Crippen molar-refractivity contribution in [2.45, 2.75) is 57.5 Å². The SMILES string of the molecule is N#CCn1nc(C2CCCCC2)c2c1CCNC2. The summed E-state index contributed by atoms with van der Waals surface area (Å²) in [4.78, 5) is 0. The Labute approximate surface area is 108 Å². The zero-order chi connectivity index (χ0) is 12.4. The monoisotopic (exact) mass is 244 g/mol. The maximum atomic E-state index is 8.91. The van der Waals surface area contributed by atoms with Crippen molar-refractivity contribution in [2.24, 2.45) is 0 Å². The number of rotatable bonds is 2. The Morgan fingerprint density at radius 1 is 1.33 bits per heavy atom. The molecular formula is C14H20N4. The van der Waals surface area contributed by atoms with Gasteiger partial charge in [0.05, 0.1) is 11.8 Å². The van der Waals surface area contributed by atoms with Crippen LogP contribution in [0.25, 0.3) is 0 Å². The average molecular weight is 244 g/mol. The number of nitriles is 1. The van der Waals surface area contributed by atoms with Gasteiger partial charge in [0.15, 0.2) is 0 Å². The van der Waals surface area contributed by atoms with E-state index in [0.717, 1.165) is 19.5 Å². The highest BCUT2D eigenvalue weighted by molar-refractivity contribution is 5.31. The number of nitrogens with zero attached hydrogens (tertiary/aromatic N) is 3. The van der Waals surface area contributed by atoms with Gasteiger partial charge in [-0.05, 0) is 12.8 Å². The summed E-state index contributed by atoms with van der Waals surface area (Å²) in [5, 5.41) is 17.1. The zero-order valence-corrected chi connectivity index (χ0v) is 10.8. The maximum Gasteiger partial charge on any atom is 0.128 e. The predicted molar refractivity (Wildman–Crippen MR) is 69.1 cm³/mol. The second-order valence-electron chi connectivity index (χ2n) is 5.39. The molecule has 0 atom stereocenters. The van der Waals surface area contributed by atoms with Gasteiger partial charge in [-0.25, -0.2) is 0 Å². The molecule has 1 aliphatic carbocycles. The molecule has 0 amide bonds. The molecule has 0 bridgehead atoms. The second-order valence-corrected chi connectivity index (χ2v) is 5.39. The number of hydrogen-bond acceptors (Lipinski definition) is 3. The van der Waals surface area contributed by atoms with Crippen LogP contribution in [0.15, 0.2) is 0 Å². The first-order chi connectivity index (χ1) is 8.90. The molecule has 1 fully saturated rings. The summed E-state index contributed by atoms with van der Waals surface area (Å²) in [5.41, 5.74) is 3.98. The van der Waals surface area contributed by atoms with Gasteiger partial charge in [0.25, 0.3) is 0 Å². The molecule has 0 radical (unpaired) electrons. The molecule has 0 saturated heterocycles. The van der Waals surface area contributed by atoms with Gasteiger partial charge in [0.2, 0.25) is 0 Å². The Morgan fingerprint density at radius 3 is 2.94 bits per heavy atom. The van der Waals surface area contributed by atoms with E-state index in [-0.39, 0.29) is 0 Å². The molecule has 1 N–H and O–H groups in total. The number of aromatic nitrogens is 2. The van der Waals surface area contributed by atoms with Gasteiger partial charge in [0, 0.05) is 36.7 Å². The van der Waals surface area contributed by atoms with E-state index in [2.05, 4.69) is 11.4 Å². The van der Waals surface area contributed by atoms with Gasteiger partial charge in [0.1, 0.15) is 6.54 Å². The lowest BCUT2D eigenvalue weighted by molar-refractivity contribution is 0.430. The van der Waals surface area contributed by atoms with Crippen LogP contribution in [-0.4, -0.2) is 16.3 Å². The minimum Gasteiger partial charge on any atom is -0.312 e. The molecule has 4 nitrogen and oxygen atoms in total. The summed E-state index contributed by atoms with van der Waals surface area (Å²) in [6.07, 6.45) is 7.59. The summed E-state index contributed by atoms with van der Waals surface area (Å²) in [5.74, 6) is 0.632. The molecule has 1 saturated carbocycles. The summed E-state index contributed by atoms with van der Waals surface area (Å²) in [6, 6.07) is 2.23. The van der Waals surface area contributed by atoms with Crippen LogP contribution < -0.4 is 5.32 Å². The smallest absolute Gasteiger partial charge is 0.128 e. The summed E-state index contributed by atoms with van der Waals surface area (Å²) in [6.45, 7) is 2.34. The van der Waals surface area contributed by atoms with Crippen LogP contribution in [0.5, 0.6) is 0 Å². The molecule has 0 unspecified atom stereocenters. The van der Waals surface area contributed by atoms with E-state index in [1.165, 1.54) is 49.1 Å². The molecule has 2 aliphatic rings. The molecule has 0 aromatic carbocycles. The number of nitrogens with one attached hydrogen (secondary N) is 1. The molecule has 1 aromatic rings. The van der Waals surface area contributed by atoms with Crippen molar-refractivity contribution < 1.29 is 0 Å². The van der Waals surface area contributed by atoms with E-state index >= 15 is 0 Å². The number of fused-ring (bicyclic) bond motifs is 1. The fourth-order valence-electron chi connectivity index (χ4n) is 3.35. The molecule has 1 aromatic heterocycles. The molecule has 0 spiro atoms. The van der Waals surface area contributed by atoms with E-state index in [0.29, 0.717) is 12.5 Å². The van der Waals surface area contributed by atoms with Crippen LogP contribution in [0, 0.1) is 11.3 Å². The van der Waals surface area contributed by atoms with Crippen molar-refractivity contribution in [2.75, 3.05) is 6.54 Å². The third-order valence-electron chi connectivity index (χ3n) is 4.25. The van der Waals surface area contributed by atoms with Crippen LogP contribution in [0.1, 0.15) is 55.0 Å². The van der Waals surface area contributed by atoms with Crippen molar-refractivity contribution in [1.29, 1.82) is 5.26 Å². The van der Waals surface area contributed by atoms with Crippen molar-refractivity contribution in [3.05, 3.63) is 17.0 Å². The molecular weight excluding hydrogens is 224 g/mol. The predicted octanol–water partition coefficient (Wildman–Crippen LogP) is 2.10. The Balaban J connectivity index is 1.95. The highest BCUT2D eigenvalue weighted by Gasteiger charge is 2.26. The van der Waals surface area contributed by atoms with Crippen molar-refractivity contribution in [3.63, 3.8) is 0 Å². The molecule has 96 valence electrons. The van der Waals surface area contributed by atoms with E-state index < -0.39 is 0 Å². The standard InChI is InChI=1S/C14H20N4/c15-7-9-18-13-6-8-16-10-12(13)14(17-18)11-4-2-1-3-5-11/h11,16H,1-6,8-10H2. The second kappa shape index (κ2) is 5.11. The van der Waals surface area contributed by atoms with Gasteiger partial charge in [-0.1, -0.05) is 19.3 Å². The molecule has 1 aliphatic heterocycles. The lowest BCUT2D eigenvalue weighted by Crippen LogP contribution is -2.25. The topological polar surface area (TPSA) is 53.6 Å². The maximum absolute atomic E-state index is 8.91. The minimum absolute atomic E-state index is 0.398. The van der Waals surface area contributed by atoms with Gasteiger partial charge < -0.3 is 5.32 Å². The summed E-state index contributed by atoms with van der Waals surface area (Å²) in [7, 11) is 0. The largest absolute Gasteiger partial charge is 0.312 e. The van der Waals surface area contributed by atoms with E-state index in [1.54, 1.807) is 0 Å². The molecule has 3 rings (SSSR count).